The van der Waals surface area contributed by atoms with Crippen LogP contribution in [0, 0.1) is 6.92 Å². The van der Waals surface area contributed by atoms with Gasteiger partial charge < -0.3 is 5.11 Å². The average Bonchev–Trinajstić information content (AvgIpc) is 2.59. The fraction of sp³-hybridized carbons (Fsp3) is 0.444. The van der Waals surface area contributed by atoms with E-state index in [1.165, 1.54) is 11.3 Å². The van der Waals surface area contributed by atoms with Crippen molar-refractivity contribution in [3.63, 3.8) is 0 Å². The molecular formula is C9H13NO4S2. The Morgan fingerprint density at radius 1 is 1.50 bits per heavy atom. The molecule has 0 bridgehead atoms. The third-order valence-electron chi connectivity index (χ3n) is 1.85. The largest absolute Gasteiger partial charge is 0.481 e. The number of aliphatic carboxylic acids is 1. The average molecular weight is 263 g/mol. The smallest absolute Gasteiger partial charge is 0.304 e. The minimum absolute atomic E-state index is 0.223. The number of hydrogen-bond acceptors (Lipinski definition) is 4. The Kier molecular flexibility index (Phi) is 4.45. The summed E-state index contributed by atoms with van der Waals surface area (Å²) >= 11 is 1.51. The minimum atomic E-state index is -3.49. The molecule has 0 radical (unpaired) electrons. The Bertz CT molecular complexity index is 464. The molecule has 1 heterocycles. The van der Waals surface area contributed by atoms with Crippen LogP contribution in [0.4, 0.5) is 0 Å². The van der Waals surface area contributed by atoms with Gasteiger partial charge in [-0.15, -0.1) is 11.3 Å². The number of sulfonamides is 1. The summed E-state index contributed by atoms with van der Waals surface area (Å²) in [7, 11) is -3.49. The minimum Gasteiger partial charge on any atom is -0.481 e. The summed E-state index contributed by atoms with van der Waals surface area (Å²) < 4.78 is 25.1. The molecule has 0 saturated carbocycles. The van der Waals surface area contributed by atoms with Crippen LogP contribution in [-0.4, -0.2) is 25.2 Å². The molecule has 90 valence electrons. The van der Waals surface area contributed by atoms with Crippen LogP contribution < -0.4 is 4.72 Å². The fourth-order valence-electron chi connectivity index (χ4n) is 1.06. The van der Waals surface area contributed by atoms with Gasteiger partial charge in [-0.3, -0.25) is 4.79 Å². The topological polar surface area (TPSA) is 83.5 Å². The van der Waals surface area contributed by atoms with Gasteiger partial charge in [0.1, 0.15) is 0 Å². The van der Waals surface area contributed by atoms with Crippen molar-refractivity contribution in [2.24, 2.45) is 0 Å². The second-order valence-electron chi connectivity index (χ2n) is 3.30. The van der Waals surface area contributed by atoms with Gasteiger partial charge in [-0.1, -0.05) is 0 Å². The molecule has 16 heavy (non-hydrogen) atoms. The maximum absolute atomic E-state index is 11.3. The maximum atomic E-state index is 11.3. The predicted molar refractivity (Wildman–Crippen MR) is 61.9 cm³/mol. The summed E-state index contributed by atoms with van der Waals surface area (Å²) in [6.45, 7) is 2.16. The van der Waals surface area contributed by atoms with Crippen molar-refractivity contribution in [1.82, 2.24) is 4.72 Å². The first-order valence-corrected chi connectivity index (χ1v) is 7.10. The van der Waals surface area contributed by atoms with E-state index in [0.29, 0.717) is 0 Å². The summed E-state index contributed by atoms with van der Waals surface area (Å²) in [6, 6.07) is 3.76. The Hall–Kier alpha value is -0.920. The molecule has 0 amide bonds. The zero-order valence-electron chi connectivity index (χ0n) is 8.76. The van der Waals surface area contributed by atoms with Crippen LogP contribution in [-0.2, 0) is 21.4 Å². The Balaban J connectivity index is 2.45. The third kappa shape index (κ3) is 4.73. The van der Waals surface area contributed by atoms with Crippen LogP contribution in [0.3, 0.4) is 0 Å². The molecule has 2 N–H and O–H groups in total. The van der Waals surface area contributed by atoms with E-state index in [1.54, 1.807) is 0 Å². The zero-order valence-corrected chi connectivity index (χ0v) is 10.4. The number of carbonyl (C=O) groups is 1. The molecular weight excluding hydrogens is 250 g/mol. The van der Waals surface area contributed by atoms with Gasteiger partial charge in [-0.2, -0.15) is 0 Å². The molecule has 0 unspecified atom stereocenters. The molecule has 0 fully saturated rings. The Labute approximate surface area is 98.2 Å². The van der Waals surface area contributed by atoms with Crippen LogP contribution in [0.5, 0.6) is 0 Å². The highest BCUT2D eigenvalue weighted by Gasteiger charge is 2.12. The van der Waals surface area contributed by atoms with Gasteiger partial charge in [0.25, 0.3) is 0 Å². The van der Waals surface area contributed by atoms with E-state index < -0.39 is 16.0 Å². The van der Waals surface area contributed by atoms with Gasteiger partial charge in [-0.25, -0.2) is 13.1 Å². The summed E-state index contributed by atoms with van der Waals surface area (Å²) in [4.78, 5) is 12.3. The van der Waals surface area contributed by atoms with Crippen molar-refractivity contribution < 1.29 is 18.3 Å². The molecule has 1 aromatic rings. The van der Waals surface area contributed by atoms with Gasteiger partial charge in [-0.05, 0) is 19.1 Å². The van der Waals surface area contributed by atoms with E-state index in [2.05, 4.69) is 4.72 Å². The van der Waals surface area contributed by atoms with Crippen LogP contribution in [0.15, 0.2) is 12.1 Å². The SMILES string of the molecule is Cc1ccc(CNS(=O)(=O)CCC(=O)O)s1. The molecule has 1 rings (SSSR count). The summed E-state index contributed by atoms with van der Waals surface area (Å²) in [5, 5.41) is 8.38. The predicted octanol–water partition coefficient (Wildman–Crippen LogP) is 0.951. The number of aryl methyl sites for hydroxylation is 1. The number of carboxylic acid groups (broad SMARTS) is 1. The normalized spacial score (nSPS) is 11.6. The summed E-state index contributed by atoms with van der Waals surface area (Å²) in [5.41, 5.74) is 0. The van der Waals surface area contributed by atoms with Gasteiger partial charge in [0, 0.05) is 16.3 Å². The van der Waals surface area contributed by atoms with Gasteiger partial charge >= 0.3 is 5.97 Å². The quantitative estimate of drug-likeness (QED) is 0.800. The molecule has 7 heteroatoms. The van der Waals surface area contributed by atoms with Crippen molar-refractivity contribution in [3.8, 4) is 0 Å². The summed E-state index contributed by atoms with van der Waals surface area (Å²) in [6.07, 6.45) is -0.376. The molecule has 0 aromatic carbocycles. The zero-order chi connectivity index (χ0) is 12.2. The number of thiophene rings is 1. The second-order valence-corrected chi connectivity index (χ2v) is 6.59. The number of nitrogens with one attached hydrogen (secondary N) is 1. The number of rotatable bonds is 6. The van der Waals surface area contributed by atoms with Crippen molar-refractivity contribution in [1.29, 1.82) is 0 Å². The van der Waals surface area contributed by atoms with E-state index in [9.17, 15) is 13.2 Å². The van der Waals surface area contributed by atoms with Crippen molar-refractivity contribution in [2.45, 2.75) is 19.9 Å². The second kappa shape index (κ2) is 5.42. The van der Waals surface area contributed by atoms with E-state index in [1.807, 2.05) is 19.1 Å². The first kappa shape index (κ1) is 13.1. The lowest BCUT2D eigenvalue weighted by atomic mass is 10.4. The van der Waals surface area contributed by atoms with Gasteiger partial charge in [0.05, 0.1) is 12.2 Å². The number of carboxylic acids is 1. The lowest BCUT2D eigenvalue weighted by Crippen LogP contribution is -2.26. The lowest BCUT2D eigenvalue weighted by molar-refractivity contribution is -0.136. The molecule has 0 spiro atoms. The highest BCUT2D eigenvalue weighted by Crippen LogP contribution is 2.14. The standard InChI is InChI=1S/C9H13NO4S2/c1-7-2-3-8(15-7)6-10-16(13,14)5-4-9(11)12/h2-3,10H,4-6H2,1H3,(H,11,12). The van der Waals surface area contributed by atoms with Crippen LogP contribution in [0.25, 0.3) is 0 Å². The highest BCUT2D eigenvalue weighted by atomic mass is 32.2. The first-order chi connectivity index (χ1) is 7.39. The summed E-state index contributed by atoms with van der Waals surface area (Å²) in [5.74, 6) is -1.50. The molecule has 0 saturated heterocycles. The van der Waals surface area contributed by atoms with Gasteiger partial charge in [0.15, 0.2) is 0 Å². The van der Waals surface area contributed by atoms with Crippen LogP contribution >= 0.6 is 11.3 Å². The number of hydrogen-bond donors (Lipinski definition) is 2. The van der Waals surface area contributed by atoms with Crippen molar-refractivity contribution in [2.75, 3.05) is 5.75 Å². The Morgan fingerprint density at radius 3 is 2.69 bits per heavy atom. The third-order valence-corrected chi connectivity index (χ3v) is 4.17. The highest BCUT2D eigenvalue weighted by molar-refractivity contribution is 7.89. The van der Waals surface area contributed by atoms with Crippen molar-refractivity contribution >= 4 is 27.3 Å². The molecule has 1 aromatic heterocycles. The molecule has 0 aliphatic carbocycles. The van der Waals surface area contributed by atoms with E-state index >= 15 is 0 Å². The first-order valence-electron chi connectivity index (χ1n) is 4.63. The Morgan fingerprint density at radius 2 is 2.19 bits per heavy atom. The molecule has 0 aliphatic rings. The molecule has 0 aliphatic heterocycles. The molecule has 5 nitrogen and oxygen atoms in total. The van der Waals surface area contributed by atoms with Crippen LogP contribution in [0.1, 0.15) is 16.2 Å². The van der Waals surface area contributed by atoms with E-state index in [-0.39, 0.29) is 18.7 Å². The van der Waals surface area contributed by atoms with E-state index in [4.69, 9.17) is 5.11 Å². The van der Waals surface area contributed by atoms with Crippen LogP contribution in [0.2, 0.25) is 0 Å². The van der Waals surface area contributed by atoms with E-state index in [0.717, 1.165) is 9.75 Å². The molecule has 0 atom stereocenters. The maximum Gasteiger partial charge on any atom is 0.304 e. The van der Waals surface area contributed by atoms with Crippen molar-refractivity contribution in [3.05, 3.63) is 21.9 Å². The van der Waals surface area contributed by atoms with Gasteiger partial charge in [0.2, 0.25) is 10.0 Å². The lowest BCUT2D eigenvalue weighted by Gasteiger charge is -2.03. The fourth-order valence-corrected chi connectivity index (χ4v) is 2.94. The monoisotopic (exact) mass is 263 g/mol.